The minimum Gasteiger partial charge on any atom is -0.469 e. The van der Waals surface area contributed by atoms with Crippen molar-refractivity contribution < 1.29 is 14.3 Å². The maximum Gasteiger partial charge on any atom is 0.305 e. The lowest BCUT2D eigenvalue weighted by atomic mass is 9.45. The summed E-state index contributed by atoms with van der Waals surface area (Å²) in [6.07, 6.45) is 12.9. The molecule has 7 unspecified atom stereocenters. The van der Waals surface area contributed by atoms with Crippen LogP contribution in [0.2, 0.25) is 0 Å². The average molecular weight is 407 g/mol. The number of carbonyl (C=O) groups excluding carboxylic acids is 2. The van der Waals surface area contributed by atoms with Crippen LogP contribution in [0.5, 0.6) is 0 Å². The number of rotatable bonds is 4. The van der Waals surface area contributed by atoms with E-state index in [4.69, 9.17) is 17.4 Å². The molecule has 4 fully saturated rings. The van der Waals surface area contributed by atoms with E-state index < -0.39 is 0 Å². The minimum absolute atomic E-state index is 0.0497. The Bertz CT molecular complexity index is 648. The molecule has 3 nitrogen and oxygen atoms in total. The van der Waals surface area contributed by atoms with Gasteiger partial charge in [0, 0.05) is 24.0 Å². The summed E-state index contributed by atoms with van der Waals surface area (Å²) in [5, 5.41) is 0. The zero-order chi connectivity index (χ0) is 20.2. The standard InChI is InChI=1S/C24H38O3S/c1-22-12-10-18-19-8-7-16(5-4-6-21(26)27-3)23(19,2)13-11-20(18)24(22,28)14-9-17(25)15-22/h16,18-20,28H,4-15H2,1-3H3. The zero-order valence-electron chi connectivity index (χ0n) is 18.0. The summed E-state index contributed by atoms with van der Waals surface area (Å²) in [6.45, 7) is 4.90. The molecule has 4 heteroatoms. The van der Waals surface area contributed by atoms with Crippen LogP contribution in [-0.2, 0) is 14.3 Å². The lowest BCUT2D eigenvalue weighted by Crippen LogP contribution is -2.60. The molecule has 0 amide bonds. The van der Waals surface area contributed by atoms with E-state index in [1.54, 1.807) is 0 Å². The van der Waals surface area contributed by atoms with Crippen LogP contribution >= 0.6 is 12.6 Å². The predicted octanol–water partition coefficient (Wildman–Crippen LogP) is 5.61. The number of thiol groups is 1. The van der Waals surface area contributed by atoms with Gasteiger partial charge in [-0.05, 0) is 92.3 Å². The van der Waals surface area contributed by atoms with Gasteiger partial charge in [-0.2, -0.15) is 12.6 Å². The molecule has 4 rings (SSSR count). The zero-order valence-corrected chi connectivity index (χ0v) is 18.9. The van der Waals surface area contributed by atoms with Crippen molar-refractivity contribution in [3.05, 3.63) is 0 Å². The number of ether oxygens (including phenoxy) is 1. The Morgan fingerprint density at radius 3 is 2.64 bits per heavy atom. The van der Waals surface area contributed by atoms with Crippen LogP contribution in [0.25, 0.3) is 0 Å². The molecular weight excluding hydrogens is 368 g/mol. The highest BCUT2D eigenvalue weighted by atomic mass is 32.1. The lowest BCUT2D eigenvalue weighted by molar-refractivity contribution is -0.140. The molecule has 158 valence electrons. The molecule has 0 radical (unpaired) electrons. The van der Waals surface area contributed by atoms with E-state index >= 15 is 0 Å². The topological polar surface area (TPSA) is 43.4 Å². The summed E-state index contributed by atoms with van der Waals surface area (Å²) in [4.78, 5) is 23.7. The Kier molecular flexibility index (Phi) is 5.42. The number of carbonyl (C=O) groups is 2. The smallest absolute Gasteiger partial charge is 0.305 e. The third kappa shape index (κ3) is 3.08. The molecule has 7 atom stereocenters. The van der Waals surface area contributed by atoms with E-state index in [2.05, 4.69) is 13.8 Å². The Hall–Kier alpha value is -0.510. The van der Waals surface area contributed by atoms with Gasteiger partial charge < -0.3 is 4.74 Å². The van der Waals surface area contributed by atoms with Crippen LogP contribution in [0.15, 0.2) is 0 Å². The second-order valence-corrected chi connectivity index (χ2v) is 11.7. The van der Waals surface area contributed by atoms with Crippen LogP contribution in [0, 0.1) is 34.5 Å². The summed E-state index contributed by atoms with van der Waals surface area (Å²) >= 11 is 5.39. The molecule has 4 saturated carbocycles. The Morgan fingerprint density at radius 1 is 1.11 bits per heavy atom. The van der Waals surface area contributed by atoms with Crippen molar-refractivity contribution in [2.75, 3.05) is 7.11 Å². The van der Waals surface area contributed by atoms with Gasteiger partial charge >= 0.3 is 5.97 Å². The summed E-state index contributed by atoms with van der Waals surface area (Å²) in [7, 11) is 1.49. The van der Waals surface area contributed by atoms with Crippen molar-refractivity contribution in [3.8, 4) is 0 Å². The molecule has 0 heterocycles. The Balaban J connectivity index is 1.49. The number of esters is 1. The highest BCUT2D eigenvalue weighted by Crippen LogP contribution is 2.69. The summed E-state index contributed by atoms with van der Waals surface area (Å²) in [5.74, 6) is 3.40. The molecular formula is C24H38O3S. The van der Waals surface area contributed by atoms with Gasteiger partial charge in [-0.15, -0.1) is 0 Å². The van der Waals surface area contributed by atoms with Gasteiger partial charge in [0.25, 0.3) is 0 Å². The monoisotopic (exact) mass is 406 g/mol. The number of hydrogen-bond acceptors (Lipinski definition) is 4. The second-order valence-electron chi connectivity index (χ2n) is 10.9. The first kappa shape index (κ1) is 20.8. The molecule has 4 aliphatic carbocycles. The highest BCUT2D eigenvalue weighted by molar-refractivity contribution is 7.81. The van der Waals surface area contributed by atoms with E-state index in [0.717, 1.165) is 49.9 Å². The molecule has 0 spiro atoms. The van der Waals surface area contributed by atoms with Crippen molar-refractivity contribution in [1.29, 1.82) is 0 Å². The number of hydrogen-bond donors (Lipinski definition) is 1. The fraction of sp³-hybridized carbons (Fsp3) is 0.917. The molecule has 0 aromatic heterocycles. The van der Waals surface area contributed by atoms with Gasteiger partial charge in [0.2, 0.25) is 0 Å². The quantitative estimate of drug-likeness (QED) is 0.487. The number of fused-ring (bicyclic) bond motifs is 5. The van der Waals surface area contributed by atoms with E-state index in [0.29, 0.717) is 23.5 Å². The van der Waals surface area contributed by atoms with Crippen LogP contribution in [0.3, 0.4) is 0 Å². The van der Waals surface area contributed by atoms with Gasteiger partial charge in [0.05, 0.1) is 7.11 Å². The van der Waals surface area contributed by atoms with Crippen LogP contribution < -0.4 is 0 Å². The van der Waals surface area contributed by atoms with E-state index in [1.807, 2.05) is 0 Å². The van der Waals surface area contributed by atoms with E-state index in [-0.39, 0.29) is 16.1 Å². The minimum atomic E-state index is -0.0705. The normalized spacial score (nSPS) is 47.8. The first-order valence-corrected chi connectivity index (χ1v) is 12.0. The molecule has 0 aromatic carbocycles. The summed E-state index contributed by atoms with van der Waals surface area (Å²) in [5.41, 5.74) is 0.526. The first-order chi connectivity index (χ1) is 13.2. The molecule has 0 aliphatic heterocycles. The molecule has 0 aromatic rings. The van der Waals surface area contributed by atoms with Crippen molar-refractivity contribution in [1.82, 2.24) is 0 Å². The molecule has 0 saturated heterocycles. The highest BCUT2D eigenvalue weighted by Gasteiger charge is 2.63. The maximum absolute atomic E-state index is 12.2. The van der Waals surface area contributed by atoms with Crippen molar-refractivity contribution in [2.24, 2.45) is 34.5 Å². The van der Waals surface area contributed by atoms with Crippen molar-refractivity contribution >= 4 is 24.4 Å². The largest absolute Gasteiger partial charge is 0.469 e. The third-order valence-electron chi connectivity index (χ3n) is 9.85. The fourth-order valence-corrected chi connectivity index (χ4v) is 8.82. The van der Waals surface area contributed by atoms with Crippen molar-refractivity contribution in [3.63, 3.8) is 0 Å². The van der Waals surface area contributed by atoms with Gasteiger partial charge in [-0.1, -0.05) is 13.8 Å². The average Bonchev–Trinajstić information content (AvgIpc) is 2.99. The SMILES string of the molecule is COC(=O)CCCC1CCC2C3CCC4(C)CC(=O)CCC4(S)C3CCC12C. The molecule has 0 bridgehead atoms. The lowest BCUT2D eigenvalue weighted by Gasteiger charge is -2.63. The van der Waals surface area contributed by atoms with Crippen LogP contribution in [0.4, 0.5) is 0 Å². The van der Waals surface area contributed by atoms with E-state index in [9.17, 15) is 9.59 Å². The van der Waals surface area contributed by atoms with Gasteiger partial charge in [0.15, 0.2) is 0 Å². The van der Waals surface area contributed by atoms with Gasteiger partial charge in [0.1, 0.15) is 5.78 Å². The fourth-order valence-electron chi connectivity index (χ4n) is 8.19. The molecule has 0 N–H and O–H groups in total. The predicted molar refractivity (Wildman–Crippen MR) is 114 cm³/mol. The number of methoxy groups -OCH3 is 1. The second kappa shape index (κ2) is 7.32. The van der Waals surface area contributed by atoms with Crippen LogP contribution in [-0.4, -0.2) is 23.6 Å². The Labute approximate surface area is 176 Å². The first-order valence-electron chi connectivity index (χ1n) is 11.5. The van der Waals surface area contributed by atoms with Crippen molar-refractivity contribution in [2.45, 2.75) is 95.6 Å². The maximum atomic E-state index is 12.2. The van der Waals surface area contributed by atoms with Gasteiger partial charge in [-0.25, -0.2) is 0 Å². The molecule has 4 aliphatic rings. The Morgan fingerprint density at radius 2 is 1.89 bits per heavy atom. The van der Waals surface area contributed by atoms with Crippen LogP contribution in [0.1, 0.15) is 90.9 Å². The van der Waals surface area contributed by atoms with E-state index in [1.165, 1.54) is 45.6 Å². The van der Waals surface area contributed by atoms with Gasteiger partial charge in [-0.3, -0.25) is 9.59 Å². The molecule has 28 heavy (non-hydrogen) atoms. The number of Topliss-reactive ketones (excluding diaryl/α,β-unsaturated/α-hetero) is 1. The number of ketones is 1. The summed E-state index contributed by atoms with van der Waals surface area (Å²) < 4.78 is 4.87. The third-order valence-corrected chi connectivity index (χ3v) is 11.0. The summed E-state index contributed by atoms with van der Waals surface area (Å²) in [6, 6.07) is 0.